The highest BCUT2D eigenvalue weighted by Crippen LogP contribution is 2.36. The third kappa shape index (κ3) is 6.49. The van der Waals surface area contributed by atoms with Crippen LogP contribution < -0.4 is 9.64 Å². The fraction of sp³-hybridized carbons (Fsp3) is 0.519. The summed E-state index contributed by atoms with van der Waals surface area (Å²) in [6.07, 6.45) is 1.05. The van der Waals surface area contributed by atoms with Gasteiger partial charge in [-0.25, -0.2) is 18.6 Å². The number of nitrogens with zero attached hydrogens (tertiary/aromatic N) is 4. The number of pyridine rings is 1. The van der Waals surface area contributed by atoms with Gasteiger partial charge in [0.25, 0.3) is 0 Å². The average Bonchev–Trinajstić information content (AvgIpc) is 2.85. The van der Waals surface area contributed by atoms with Gasteiger partial charge in [-0.3, -0.25) is 0 Å². The normalized spacial score (nSPS) is 17.0. The van der Waals surface area contributed by atoms with E-state index in [1.807, 2.05) is 26.8 Å². The molecule has 1 spiro atoms. The minimum absolute atomic E-state index is 0.0727. The number of ether oxygens (including phenoxy) is 4. The van der Waals surface area contributed by atoms with Crippen LogP contribution in [0.1, 0.15) is 38.4 Å². The first kappa shape index (κ1) is 27.5. The molecule has 0 bridgehead atoms. The fourth-order valence-corrected chi connectivity index (χ4v) is 4.44. The smallest absolute Gasteiger partial charge is 0.410 e. The standard InChI is InChI=1S/C27H32F2N4O5/c1-26(2,3)38-25(34)33-14-27(15-33)16-36-24(37-17-27)7-8-32(19-6-5-18(11-30)31-12-19)13-21-22(28)9-20(35-4)10-23(21)29/h5-6,9-10,12,24H,7-8,13-17H2,1-4H3. The summed E-state index contributed by atoms with van der Waals surface area (Å²) in [5.41, 5.74) is -0.104. The molecule has 2 aliphatic rings. The summed E-state index contributed by atoms with van der Waals surface area (Å²) in [7, 11) is 1.34. The van der Waals surface area contributed by atoms with Crippen molar-refractivity contribution in [2.24, 2.45) is 5.41 Å². The van der Waals surface area contributed by atoms with E-state index >= 15 is 0 Å². The lowest BCUT2D eigenvalue weighted by Crippen LogP contribution is -2.65. The average molecular weight is 531 g/mol. The lowest BCUT2D eigenvalue weighted by Gasteiger charge is -2.52. The van der Waals surface area contributed by atoms with E-state index in [2.05, 4.69) is 4.98 Å². The number of anilines is 1. The molecule has 2 aliphatic heterocycles. The van der Waals surface area contributed by atoms with E-state index < -0.39 is 23.5 Å². The van der Waals surface area contributed by atoms with Crippen LogP contribution in [0.3, 0.4) is 0 Å². The maximum Gasteiger partial charge on any atom is 0.410 e. The highest BCUT2D eigenvalue weighted by Gasteiger charge is 2.49. The van der Waals surface area contributed by atoms with Gasteiger partial charge in [0.05, 0.1) is 37.6 Å². The predicted molar refractivity (Wildman–Crippen MR) is 133 cm³/mol. The molecule has 1 aromatic carbocycles. The molecule has 0 aliphatic carbocycles. The molecule has 38 heavy (non-hydrogen) atoms. The zero-order valence-corrected chi connectivity index (χ0v) is 22.0. The lowest BCUT2D eigenvalue weighted by atomic mass is 9.81. The summed E-state index contributed by atoms with van der Waals surface area (Å²) in [5.74, 6) is -1.35. The second-order valence-electron chi connectivity index (χ2n) is 10.7. The van der Waals surface area contributed by atoms with Crippen molar-refractivity contribution >= 4 is 11.8 Å². The number of methoxy groups -OCH3 is 1. The molecule has 204 valence electrons. The Hall–Kier alpha value is -3.49. The Morgan fingerprint density at radius 2 is 1.89 bits per heavy atom. The minimum Gasteiger partial charge on any atom is -0.497 e. The van der Waals surface area contributed by atoms with Crippen LogP contribution in [-0.2, 0) is 20.8 Å². The number of nitriles is 1. The van der Waals surface area contributed by atoms with Crippen LogP contribution in [0, 0.1) is 28.4 Å². The number of carbonyl (C=O) groups is 1. The van der Waals surface area contributed by atoms with Crippen LogP contribution in [0.2, 0.25) is 0 Å². The molecule has 0 atom stereocenters. The van der Waals surface area contributed by atoms with Gasteiger partial charge in [-0.05, 0) is 32.9 Å². The first-order valence-corrected chi connectivity index (χ1v) is 12.3. The molecule has 2 saturated heterocycles. The molecule has 0 unspecified atom stereocenters. The number of benzene rings is 1. The number of amides is 1. The molecule has 0 radical (unpaired) electrons. The molecule has 0 N–H and O–H groups in total. The zero-order valence-electron chi connectivity index (χ0n) is 22.0. The summed E-state index contributed by atoms with van der Waals surface area (Å²) >= 11 is 0. The summed E-state index contributed by atoms with van der Waals surface area (Å²) < 4.78 is 51.7. The van der Waals surface area contributed by atoms with Gasteiger partial charge in [0.1, 0.15) is 34.7 Å². The highest BCUT2D eigenvalue weighted by molar-refractivity contribution is 5.69. The summed E-state index contributed by atoms with van der Waals surface area (Å²) in [6.45, 7) is 7.60. The molecule has 4 rings (SSSR count). The second-order valence-corrected chi connectivity index (χ2v) is 10.7. The molecule has 0 saturated carbocycles. The third-order valence-corrected chi connectivity index (χ3v) is 6.42. The Morgan fingerprint density at radius 3 is 2.42 bits per heavy atom. The van der Waals surface area contributed by atoms with Crippen molar-refractivity contribution in [2.45, 2.75) is 45.6 Å². The van der Waals surface area contributed by atoms with E-state index in [0.29, 0.717) is 45.0 Å². The number of hydrogen-bond acceptors (Lipinski definition) is 8. The molecule has 9 nitrogen and oxygen atoms in total. The Balaban J connectivity index is 1.37. The number of carbonyl (C=O) groups excluding carboxylic acids is 1. The van der Waals surface area contributed by atoms with Crippen molar-refractivity contribution in [1.29, 1.82) is 5.26 Å². The Bertz CT molecular complexity index is 1160. The first-order valence-electron chi connectivity index (χ1n) is 12.3. The molecule has 1 amide bonds. The van der Waals surface area contributed by atoms with Gasteiger partial charge in [-0.2, -0.15) is 5.26 Å². The summed E-state index contributed by atoms with van der Waals surface area (Å²) in [4.78, 5) is 19.7. The van der Waals surface area contributed by atoms with Gasteiger partial charge < -0.3 is 28.7 Å². The molecule has 1 aromatic heterocycles. The van der Waals surface area contributed by atoms with E-state index in [1.165, 1.54) is 13.3 Å². The van der Waals surface area contributed by atoms with Crippen LogP contribution in [0.15, 0.2) is 30.5 Å². The Morgan fingerprint density at radius 1 is 1.24 bits per heavy atom. The van der Waals surface area contributed by atoms with Crippen molar-refractivity contribution in [2.75, 3.05) is 44.9 Å². The Labute approximate surface area is 220 Å². The maximum atomic E-state index is 14.7. The van der Waals surface area contributed by atoms with Crippen LogP contribution in [-0.4, -0.2) is 67.8 Å². The van der Waals surface area contributed by atoms with E-state index in [0.717, 1.165) is 12.1 Å². The number of rotatable bonds is 7. The topological polar surface area (TPSA) is 97.1 Å². The molecular weight excluding hydrogens is 498 g/mol. The largest absolute Gasteiger partial charge is 0.497 e. The van der Waals surface area contributed by atoms with E-state index in [1.54, 1.807) is 21.9 Å². The van der Waals surface area contributed by atoms with Gasteiger partial charge in [0.2, 0.25) is 0 Å². The van der Waals surface area contributed by atoms with Crippen molar-refractivity contribution in [3.8, 4) is 11.8 Å². The molecule has 11 heteroatoms. The molecule has 2 aromatic rings. The maximum absolute atomic E-state index is 14.7. The van der Waals surface area contributed by atoms with Crippen molar-refractivity contribution in [3.05, 3.63) is 53.4 Å². The number of hydrogen-bond donors (Lipinski definition) is 0. The quantitative estimate of drug-likeness (QED) is 0.524. The van der Waals surface area contributed by atoms with Crippen LogP contribution in [0.5, 0.6) is 5.75 Å². The minimum atomic E-state index is -0.722. The summed E-state index contributed by atoms with van der Waals surface area (Å²) in [5, 5.41) is 9.06. The molecule has 3 heterocycles. The second kappa shape index (κ2) is 11.1. The van der Waals surface area contributed by atoms with E-state index in [4.69, 9.17) is 24.2 Å². The van der Waals surface area contributed by atoms with Gasteiger partial charge in [0.15, 0.2) is 6.29 Å². The van der Waals surface area contributed by atoms with Gasteiger partial charge in [-0.15, -0.1) is 0 Å². The van der Waals surface area contributed by atoms with Crippen LogP contribution in [0.25, 0.3) is 0 Å². The number of halogens is 2. The predicted octanol–water partition coefficient (Wildman–Crippen LogP) is 4.25. The Kier molecular flexibility index (Phi) is 8.04. The van der Waals surface area contributed by atoms with Crippen molar-refractivity contribution < 1.29 is 32.5 Å². The zero-order chi connectivity index (χ0) is 27.5. The first-order chi connectivity index (χ1) is 18.0. The monoisotopic (exact) mass is 530 g/mol. The number of aromatic nitrogens is 1. The SMILES string of the molecule is COc1cc(F)c(CN(CCC2OCC3(CO2)CN(C(=O)OC(C)(C)C)C3)c2ccc(C#N)nc2)c(F)c1. The highest BCUT2D eigenvalue weighted by atomic mass is 19.1. The fourth-order valence-electron chi connectivity index (χ4n) is 4.44. The lowest BCUT2D eigenvalue weighted by molar-refractivity contribution is -0.254. The van der Waals surface area contributed by atoms with Crippen LogP contribution in [0.4, 0.5) is 19.3 Å². The summed E-state index contributed by atoms with van der Waals surface area (Å²) in [6, 6.07) is 7.47. The van der Waals surface area contributed by atoms with E-state index in [-0.39, 0.29) is 35.1 Å². The molecular formula is C27H32F2N4O5. The van der Waals surface area contributed by atoms with Crippen molar-refractivity contribution in [3.63, 3.8) is 0 Å². The van der Waals surface area contributed by atoms with Gasteiger partial charge in [0, 0.05) is 50.3 Å². The number of likely N-dealkylation sites (tertiary alicyclic amines) is 1. The van der Waals surface area contributed by atoms with Gasteiger partial charge in [-0.1, -0.05) is 0 Å². The molecule has 2 fully saturated rings. The van der Waals surface area contributed by atoms with E-state index in [9.17, 15) is 13.6 Å². The third-order valence-electron chi connectivity index (χ3n) is 6.42. The van der Waals surface area contributed by atoms with Crippen molar-refractivity contribution in [1.82, 2.24) is 9.88 Å². The van der Waals surface area contributed by atoms with Crippen LogP contribution >= 0.6 is 0 Å². The van der Waals surface area contributed by atoms with Gasteiger partial charge >= 0.3 is 6.09 Å².